The zero-order chi connectivity index (χ0) is 20.1. The van der Waals surface area contributed by atoms with E-state index in [1.54, 1.807) is 38.5 Å². The van der Waals surface area contributed by atoms with Crippen molar-refractivity contribution in [2.75, 3.05) is 0 Å². The summed E-state index contributed by atoms with van der Waals surface area (Å²) in [5.41, 5.74) is 1.36. The molecule has 162 valence electrons. The van der Waals surface area contributed by atoms with Crippen molar-refractivity contribution in [1.29, 1.82) is 0 Å². The Morgan fingerprint density at radius 1 is 0.821 bits per heavy atom. The van der Waals surface area contributed by atoms with Crippen LogP contribution in [-0.2, 0) is 0 Å². The largest absolute Gasteiger partial charge is 0.0826 e. The molecule has 4 saturated carbocycles. The molecule has 28 heavy (non-hydrogen) atoms. The van der Waals surface area contributed by atoms with E-state index in [9.17, 15) is 0 Å². The lowest BCUT2D eigenvalue weighted by Crippen LogP contribution is -2.53. The third-order valence-electron chi connectivity index (χ3n) is 10.8. The van der Waals surface area contributed by atoms with Crippen molar-refractivity contribution in [3.05, 3.63) is 0 Å². The molecule has 0 aromatic heterocycles. The summed E-state index contributed by atoms with van der Waals surface area (Å²) >= 11 is 2.75. The van der Waals surface area contributed by atoms with Crippen molar-refractivity contribution >= 4 is 22.6 Å². The van der Waals surface area contributed by atoms with Gasteiger partial charge in [0.15, 0.2) is 0 Å². The first-order valence-electron chi connectivity index (χ1n) is 12.9. The standard InChI is InChI=1S/C27H47I/c1-18(2)7-6-8-19(3)23-11-12-24-22-10-9-20-17-21(28)13-15-26(20,4)25(22)14-16-27(23,24)5/h18-25H,6-17H2,1-5H3/t19-,20?,21-,22+,23-,24+,25+,26+,27-/m1/s1. The van der Waals surface area contributed by atoms with Gasteiger partial charge in [-0.05, 0) is 110 Å². The van der Waals surface area contributed by atoms with E-state index in [1.165, 1.54) is 38.5 Å². The lowest BCUT2D eigenvalue weighted by molar-refractivity contribution is -0.113. The molecular weight excluding hydrogens is 451 g/mol. The molecule has 0 aliphatic heterocycles. The molecule has 1 heteroatoms. The van der Waals surface area contributed by atoms with E-state index in [0.717, 1.165) is 45.3 Å². The van der Waals surface area contributed by atoms with E-state index in [-0.39, 0.29) is 0 Å². The maximum absolute atomic E-state index is 2.75. The minimum absolute atomic E-state index is 0.669. The van der Waals surface area contributed by atoms with Gasteiger partial charge in [-0.15, -0.1) is 0 Å². The van der Waals surface area contributed by atoms with Gasteiger partial charge in [0.1, 0.15) is 0 Å². The molecule has 0 N–H and O–H groups in total. The summed E-state index contributed by atoms with van der Waals surface area (Å²) in [4.78, 5) is 0. The Hall–Kier alpha value is 0.730. The van der Waals surface area contributed by atoms with Crippen LogP contribution in [0.3, 0.4) is 0 Å². The number of halogens is 1. The van der Waals surface area contributed by atoms with Crippen LogP contribution in [0.5, 0.6) is 0 Å². The minimum Gasteiger partial charge on any atom is -0.0826 e. The maximum atomic E-state index is 2.75. The summed E-state index contributed by atoms with van der Waals surface area (Å²) in [6.45, 7) is 12.9. The molecule has 4 aliphatic rings. The van der Waals surface area contributed by atoms with Crippen molar-refractivity contribution < 1.29 is 0 Å². The second kappa shape index (κ2) is 8.34. The Kier molecular flexibility index (Phi) is 6.54. The van der Waals surface area contributed by atoms with Crippen molar-refractivity contribution in [3.63, 3.8) is 0 Å². The fraction of sp³-hybridized carbons (Fsp3) is 1.00. The van der Waals surface area contributed by atoms with Gasteiger partial charge < -0.3 is 0 Å². The molecule has 0 nitrogen and oxygen atoms in total. The molecule has 0 bridgehead atoms. The molecule has 0 aromatic carbocycles. The van der Waals surface area contributed by atoms with Crippen LogP contribution in [0.2, 0.25) is 0 Å². The molecule has 0 heterocycles. The van der Waals surface area contributed by atoms with Crippen LogP contribution in [0, 0.1) is 52.3 Å². The van der Waals surface area contributed by atoms with Crippen molar-refractivity contribution in [2.45, 2.75) is 116 Å². The molecule has 0 amide bonds. The van der Waals surface area contributed by atoms with Gasteiger partial charge in [-0.2, -0.15) is 0 Å². The Balaban J connectivity index is 1.46. The van der Waals surface area contributed by atoms with E-state index in [4.69, 9.17) is 0 Å². The normalized spacial score (nSPS) is 49.4. The highest BCUT2D eigenvalue weighted by Gasteiger charge is 2.60. The fourth-order valence-electron chi connectivity index (χ4n) is 9.23. The molecule has 0 radical (unpaired) electrons. The number of alkyl halides is 1. The first kappa shape index (κ1) is 21.9. The average molecular weight is 499 g/mol. The summed E-state index contributed by atoms with van der Waals surface area (Å²) in [5.74, 6) is 7.07. The molecule has 0 aromatic rings. The van der Waals surface area contributed by atoms with Crippen LogP contribution < -0.4 is 0 Å². The zero-order valence-corrected chi connectivity index (χ0v) is 21.6. The monoisotopic (exact) mass is 498 g/mol. The fourth-order valence-corrected chi connectivity index (χ4v) is 10.2. The molecule has 4 aliphatic carbocycles. The van der Waals surface area contributed by atoms with Gasteiger partial charge in [-0.3, -0.25) is 0 Å². The lowest BCUT2D eigenvalue weighted by atomic mass is 9.44. The number of fused-ring (bicyclic) bond motifs is 5. The topological polar surface area (TPSA) is 0 Å². The van der Waals surface area contributed by atoms with Crippen molar-refractivity contribution in [2.24, 2.45) is 52.3 Å². The highest BCUT2D eigenvalue weighted by atomic mass is 127. The number of rotatable bonds is 5. The van der Waals surface area contributed by atoms with Gasteiger partial charge in [-0.1, -0.05) is 76.5 Å². The predicted octanol–water partition coefficient (Wildman–Crippen LogP) is 8.91. The highest BCUT2D eigenvalue weighted by molar-refractivity contribution is 14.1. The summed E-state index contributed by atoms with van der Waals surface area (Å²) in [6, 6.07) is 0. The highest BCUT2D eigenvalue weighted by Crippen LogP contribution is 2.68. The van der Waals surface area contributed by atoms with Crippen LogP contribution in [0.25, 0.3) is 0 Å². The predicted molar refractivity (Wildman–Crippen MR) is 131 cm³/mol. The van der Waals surface area contributed by atoms with E-state index in [2.05, 4.69) is 57.2 Å². The van der Waals surface area contributed by atoms with Gasteiger partial charge in [0.05, 0.1) is 0 Å². The van der Waals surface area contributed by atoms with E-state index >= 15 is 0 Å². The zero-order valence-electron chi connectivity index (χ0n) is 19.5. The molecule has 4 rings (SSSR count). The van der Waals surface area contributed by atoms with E-state index < -0.39 is 0 Å². The van der Waals surface area contributed by atoms with Crippen LogP contribution in [0.1, 0.15) is 112 Å². The second-order valence-corrected chi connectivity index (χ2v) is 14.3. The van der Waals surface area contributed by atoms with Gasteiger partial charge in [0.25, 0.3) is 0 Å². The quantitative estimate of drug-likeness (QED) is 0.262. The number of hydrogen-bond donors (Lipinski definition) is 0. The summed E-state index contributed by atoms with van der Waals surface area (Å²) in [6.07, 6.45) is 18.3. The van der Waals surface area contributed by atoms with Crippen molar-refractivity contribution in [1.82, 2.24) is 0 Å². The Morgan fingerprint density at radius 2 is 1.54 bits per heavy atom. The molecule has 9 atom stereocenters. The molecule has 0 saturated heterocycles. The van der Waals surface area contributed by atoms with Gasteiger partial charge >= 0.3 is 0 Å². The minimum atomic E-state index is 0.669. The average Bonchev–Trinajstić information content (AvgIpc) is 2.99. The first-order valence-corrected chi connectivity index (χ1v) is 14.1. The molecule has 4 fully saturated rings. The van der Waals surface area contributed by atoms with E-state index in [1.807, 2.05) is 0 Å². The second-order valence-electron chi connectivity index (χ2n) is 12.6. The molecule has 0 spiro atoms. The SMILES string of the molecule is CC(C)CCC[C@@H](C)[C@H]1CC[C@H]2[C@@H]3CCC4C[C@H](I)CC[C@]4(C)[C@H]3CC[C@]12C. The van der Waals surface area contributed by atoms with Gasteiger partial charge in [0.2, 0.25) is 0 Å². The van der Waals surface area contributed by atoms with Crippen LogP contribution in [-0.4, -0.2) is 3.92 Å². The van der Waals surface area contributed by atoms with Crippen LogP contribution in [0.15, 0.2) is 0 Å². The smallest absolute Gasteiger partial charge is 0.0113 e. The molecule has 1 unspecified atom stereocenters. The van der Waals surface area contributed by atoms with Crippen LogP contribution >= 0.6 is 22.6 Å². The summed E-state index contributed by atoms with van der Waals surface area (Å²) < 4.78 is 0.962. The maximum Gasteiger partial charge on any atom is 0.0113 e. The Bertz CT molecular complexity index is 540. The van der Waals surface area contributed by atoms with Crippen LogP contribution in [0.4, 0.5) is 0 Å². The summed E-state index contributed by atoms with van der Waals surface area (Å²) in [7, 11) is 0. The van der Waals surface area contributed by atoms with E-state index in [0.29, 0.717) is 10.8 Å². The Labute approximate surface area is 189 Å². The molecular formula is C27H47I. The summed E-state index contributed by atoms with van der Waals surface area (Å²) in [5, 5.41) is 0. The first-order chi connectivity index (χ1) is 13.3. The number of hydrogen-bond acceptors (Lipinski definition) is 0. The third-order valence-corrected chi connectivity index (χ3v) is 11.9. The third kappa shape index (κ3) is 3.75. The van der Waals surface area contributed by atoms with Crippen molar-refractivity contribution in [3.8, 4) is 0 Å². The Morgan fingerprint density at radius 3 is 2.29 bits per heavy atom. The van der Waals surface area contributed by atoms with Gasteiger partial charge in [0, 0.05) is 3.92 Å². The van der Waals surface area contributed by atoms with Gasteiger partial charge in [-0.25, -0.2) is 0 Å². The lowest BCUT2D eigenvalue weighted by Gasteiger charge is -2.61.